The first-order valence-electron chi connectivity index (χ1n) is 7.25. The molecule has 2 nitrogen and oxygen atoms in total. The second-order valence-electron chi connectivity index (χ2n) is 5.60. The molecule has 1 fully saturated rings. The van der Waals surface area contributed by atoms with Crippen molar-refractivity contribution in [2.75, 3.05) is 26.2 Å². The maximum absolute atomic E-state index is 3.63. The summed E-state index contributed by atoms with van der Waals surface area (Å²) < 4.78 is 0. The summed E-state index contributed by atoms with van der Waals surface area (Å²) in [7, 11) is 0. The summed E-state index contributed by atoms with van der Waals surface area (Å²) in [5.41, 5.74) is 2.77. The minimum atomic E-state index is 0.605. The summed E-state index contributed by atoms with van der Waals surface area (Å²) >= 11 is 0. The average molecular weight is 246 g/mol. The lowest BCUT2D eigenvalue weighted by Gasteiger charge is -2.21. The Labute approximate surface area is 111 Å². The van der Waals surface area contributed by atoms with E-state index in [0.29, 0.717) is 6.04 Å². The van der Waals surface area contributed by atoms with Gasteiger partial charge in [-0.3, -0.25) is 0 Å². The second-order valence-corrected chi connectivity index (χ2v) is 5.60. The molecule has 1 aromatic carbocycles. The van der Waals surface area contributed by atoms with E-state index in [4.69, 9.17) is 0 Å². The van der Waals surface area contributed by atoms with Crippen molar-refractivity contribution in [3.8, 4) is 0 Å². The highest BCUT2D eigenvalue weighted by atomic mass is 15.2. The molecule has 0 amide bonds. The minimum absolute atomic E-state index is 0.605. The smallest absolute Gasteiger partial charge is 0.0166 e. The number of nitrogens with one attached hydrogen (secondary N) is 1. The molecule has 2 heteroatoms. The van der Waals surface area contributed by atoms with Gasteiger partial charge in [0.1, 0.15) is 0 Å². The molecular weight excluding hydrogens is 220 g/mol. The van der Waals surface area contributed by atoms with Crippen LogP contribution in [0.2, 0.25) is 0 Å². The summed E-state index contributed by atoms with van der Waals surface area (Å²) in [6, 6.07) is 9.48. The number of hydrogen-bond donors (Lipinski definition) is 1. The average Bonchev–Trinajstić information content (AvgIpc) is 2.84. The number of nitrogens with zero attached hydrogens (tertiary/aromatic N) is 1. The van der Waals surface area contributed by atoms with Crippen molar-refractivity contribution in [3.05, 3.63) is 35.4 Å². The monoisotopic (exact) mass is 246 g/mol. The molecule has 0 radical (unpaired) electrons. The van der Waals surface area contributed by atoms with Crippen LogP contribution in [0.5, 0.6) is 0 Å². The third-order valence-electron chi connectivity index (χ3n) is 3.76. The zero-order valence-corrected chi connectivity index (χ0v) is 11.8. The lowest BCUT2D eigenvalue weighted by atomic mass is 10.1. The Bertz CT molecular complexity index is 339. The number of hydrogen-bond acceptors (Lipinski definition) is 2. The predicted octanol–water partition coefficient (Wildman–Crippen LogP) is 2.61. The molecule has 0 aromatic heterocycles. The van der Waals surface area contributed by atoms with Crippen LogP contribution in [0.15, 0.2) is 24.3 Å². The Hall–Kier alpha value is -0.860. The highest BCUT2D eigenvalue weighted by Gasteiger charge is 2.13. The first-order chi connectivity index (χ1) is 8.74. The Morgan fingerprint density at radius 2 is 1.83 bits per heavy atom. The van der Waals surface area contributed by atoms with Crippen molar-refractivity contribution in [2.45, 2.75) is 39.2 Å². The largest absolute Gasteiger partial charge is 0.313 e. The number of likely N-dealkylation sites (tertiary alicyclic amines) is 1. The van der Waals surface area contributed by atoms with Crippen LogP contribution in [-0.2, 0) is 6.42 Å². The van der Waals surface area contributed by atoms with Crippen molar-refractivity contribution in [3.63, 3.8) is 0 Å². The van der Waals surface area contributed by atoms with Crippen LogP contribution in [0.1, 0.15) is 30.9 Å². The maximum atomic E-state index is 3.63. The van der Waals surface area contributed by atoms with Gasteiger partial charge in [0.25, 0.3) is 0 Å². The maximum Gasteiger partial charge on any atom is 0.0166 e. The molecule has 0 aliphatic carbocycles. The Kier molecular flexibility index (Phi) is 5.21. The van der Waals surface area contributed by atoms with Crippen LogP contribution in [0, 0.1) is 6.92 Å². The van der Waals surface area contributed by atoms with E-state index in [0.717, 1.165) is 13.0 Å². The van der Waals surface area contributed by atoms with Crippen molar-refractivity contribution >= 4 is 0 Å². The van der Waals surface area contributed by atoms with Gasteiger partial charge in [-0.1, -0.05) is 29.8 Å². The lowest BCUT2D eigenvalue weighted by molar-refractivity contribution is 0.299. The molecule has 18 heavy (non-hydrogen) atoms. The van der Waals surface area contributed by atoms with Crippen molar-refractivity contribution in [1.29, 1.82) is 0 Å². The molecule has 0 spiro atoms. The molecular formula is C16H26N2. The van der Waals surface area contributed by atoms with E-state index < -0.39 is 0 Å². The number of rotatable bonds is 6. The first-order valence-corrected chi connectivity index (χ1v) is 7.25. The van der Waals surface area contributed by atoms with E-state index in [1.54, 1.807) is 0 Å². The first kappa shape index (κ1) is 13.6. The van der Waals surface area contributed by atoms with Crippen LogP contribution in [0.4, 0.5) is 0 Å². The fourth-order valence-electron chi connectivity index (χ4n) is 2.63. The third kappa shape index (κ3) is 4.43. The molecule has 1 heterocycles. The zero-order chi connectivity index (χ0) is 12.8. The van der Waals surface area contributed by atoms with E-state index in [9.17, 15) is 0 Å². The van der Waals surface area contributed by atoms with Gasteiger partial charge in [0, 0.05) is 12.6 Å². The van der Waals surface area contributed by atoms with E-state index in [1.165, 1.54) is 43.6 Å². The fourth-order valence-corrected chi connectivity index (χ4v) is 2.63. The summed E-state index contributed by atoms with van der Waals surface area (Å²) in [6.45, 7) is 9.31. The topological polar surface area (TPSA) is 15.3 Å². The van der Waals surface area contributed by atoms with Crippen LogP contribution in [-0.4, -0.2) is 37.1 Å². The van der Waals surface area contributed by atoms with Gasteiger partial charge < -0.3 is 10.2 Å². The molecule has 0 saturated carbocycles. The van der Waals surface area contributed by atoms with E-state index in [2.05, 4.69) is 48.3 Å². The van der Waals surface area contributed by atoms with Crippen LogP contribution < -0.4 is 5.32 Å². The summed E-state index contributed by atoms with van der Waals surface area (Å²) in [5, 5.41) is 3.63. The molecule has 1 atom stereocenters. The molecule has 100 valence electrons. The number of aryl methyl sites for hydroxylation is 1. The molecule has 1 aliphatic rings. The zero-order valence-electron chi connectivity index (χ0n) is 11.8. The SMILES string of the molecule is Cc1ccc(CCNC(C)CN2CCCC2)cc1. The van der Waals surface area contributed by atoms with Gasteiger partial charge in [0.15, 0.2) is 0 Å². The van der Waals surface area contributed by atoms with Gasteiger partial charge in [-0.05, 0) is 58.3 Å². The van der Waals surface area contributed by atoms with Crippen LogP contribution in [0.25, 0.3) is 0 Å². The molecule has 1 unspecified atom stereocenters. The Balaban J connectivity index is 1.63. The van der Waals surface area contributed by atoms with Crippen LogP contribution in [0.3, 0.4) is 0 Å². The predicted molar refractivity (Wildman–Crippen MR) is 78.0 cm³/mol. The lowest BCUT2D eigenvalue weighted by Crippen LogP contribution is -2.38. The van der Waals surface area contributed by atoms with E-state index in [1.807, 2.05) is 0 Å². The van der Waals surface area contributed by atoms with Gasteiger partial charge >= 0.3 is 0 Å². The summed E-state index contributed by atoms with van der Waals surface area (Å²) in [5.74, 6) is 0. The van der Waals surface area contributed by atoms with Gasteiger partial charge in [-0.2, -0.15) is 0 Å². The highest BCUT2D eigenvalue weighted by molar-refractivity contribution is 5.21. The number of benzene rings is 1. The van der Waals surface area contributed by atoms with Gasteiger partial charge in [0.2, 0.25) is 0 Å². The molecule has 0 bridgehead atoms. The van der Waals surface area contributed by atoms with Crippen molar-refractivity contribution in [2.24, 2.45) is 0 Å². The van der Waals surface area contributed by atoms with E-state index >= 15 is 0 Å². The second kappa shape index (κ2) is 6.91. The third-order valence-corrected chi connectivity index (χ3v) is 3.76. The minimum Gasteiger partial charge on any atom is -0.313 e. The van der Waals surface area contributed by atoms with Crippen molar-refractivity contribution < 1.29 is 0 Å². The van der Waals surface area contributed by atoms with Crippen molar-refractivity contribution in [1.82, 2.24) is 10.2 Å². The normalized spacial score (nSPS) is 18.1. The van der Waals surface area contributed by atoms with E-state index in [-0.39, 0.29) is 0 Å². The summed E-state index contributed by atoms with van der Waals surface area (Å²) in [6.07, 6.45) is 3.90. The highest BCUT2D eigenvalue weighted by Crippen LogP contribution is 2.07. The summed E-state index contributed by atoms with van der Waals surface area (Å²) in [4.78, 5) is 2.57. The molecule has 1 aliphatic heterocycles. The van der Waals surface area contributed by atoms with Gasteiger partial charge in [-0.25, -0.2) is 0 Å². The fraction of sp³-hybridized carbons (Fsp3) is 0.625. The van der Waals surface area contributed by atoms with Gasteiger partial charge in [-0.15, -0.1) is 0 Å². The van der Waals surface area contributed by atoms with Crippen LogP contribution >= 0.6 is 0 Å². The van der Waals surface area contributed by atoms with Gasteiger partial charge in [0.05, 0.1) is 0 Å². The quantitative estimate of drug-likeness (QED) is 0.830. The Morgan fingerprint density at radius 1 is 1.17 bits per heavy atom. The Morgan fingerprint density at radius 3 is 2.50 bits per heavy atom. The molecule has 1 N–H and O–H groups in total. The molecule has 1 aromatic rings. The molecule has 1 saturated heterocycles. The standard InChI is InChI=1S/C16H26N2/c1-14-5-7-16(8-6-14)9-10-17-15(2)13-18-11-3-4-12-18/h5-8,15,17H,3-4,9-13H2,1-2H3. The molecule has 2 rings (SSSR count).